The van der Waals surface area contributed by atoms with E-state index in [1.54, 1.807) is 20.8 Å². The number of hydrogen-bond donors (Lipinski definition) is 3. The zero-order chi connectivity index (χ0) is 38.3. The number of carbonyl (C=O) groups is 2. The lowest BCUT2D eigenvalue weighted by molar-refractivity contribution is -0.278. The summed E-state index contributed by atoms with van der Waals surface area (Å²) in [5.74, 6) is -9.08. The molecule has 1 aliphatic heterocycles. The second-order valence-electron chi connectivity index (χ2n) is 12.9. The summed E-state index contributed by atoms with van der Waals surface area (Å²) >= 11 is 13.0. The van der Waals surface area contributed by atoms with Gasteiger partial charge in [0.25, 0.3) is 12.3 Å². The molecule has 4 rings (SSSR count). The van der Waals surface area contributed by atoms with Gasteiger partial charge in [-0.2, -0.15) is 35.1 Å². The van der Waals surface area contributed by atoms with Crippen LogP contribution in [0.25, 0.3) is 11.0 Å². The number of fused-ring (bicyclic) bond motifs is 1. The Bertz CT molecular complexity index is 1760. The van der Waals surface area contributed by atoms with Gasteiger partial charge in [0, 0.05) is 25.0 Å². The summed E-state index contributed by atoms with van der Waals surface area (Å²) in [7, 11) is 0. The van der Waals surface area contributed by atoms with Crippen LogP contribution >= 0.6 is 23.2 Å². The Hall–Kier alpha value is -3.67. The van der Waals surface area contributed by atoms with Crippen molar-refractivity contribution in [3.8, 4) is 0 Å². The smallest absolute Gasteiger partial charge is 0.371 e. The van der Waals surface area contributed by atoms with Crippen molar-refractivity contribution in [3.63, 3.8) is 0 Å². The predicted molar refractivity (Wildman–Crippen MR) is 171 cm³/mol. The molecule has 0 spiro atoms. The zero-order valence-electron chi connectivity index (χ0n) is 27.1. The Morgan fingerprint density at radius 2 is 1.59 bits per heavy atom. The van der Waals surface area contributed by atoms with E-state index >= 15 is 0 Å². The number of halogens is 12. The molecular formula is C31H32Cl2F10N6O2. The molecule has 0 bridgehead atoms. The Kier molecular flexibility index (Phi) is 11.6. The number of nitrogens with one attached hydrogen (secondary N) is 3. The minimum atomic E-state index is -6.00. The third-order valence-corrected chi connectivity index (χ3v) is 8.89. The van der Waals surface area contributed by atoms with Gasteiger partial charge in [-0.3, -0.25) is 9.59 Å². The molecule has 8 nitrogen and oxygen atoms in total. The van der Waals surface area contributed by atoms with E-state index in [1.807, 2.05) is 0 Å². The van der Waals surface area contributed by atoms with Gasteiger partial charge in [0.1, 0.15) is 0 Å². The molecule has 0 atom stereocenters. The molecule has 3 aromatic rings. The molecule has 2 heterocycles. The van der Waals surface area contributed by atoms with Crippen LogP contribution in [0.4, 0.5) is 61.2 Å². The maximum absolute atomic E-state index is 14.0. The van der Waals surface area contributed by atoms with Gasteiger partial charge in [0.2, 0.25) is 11.9 Å². The summed E-state index contributed by atoms with van der Waals surface area (Å²) in [6, 6.07) is 5.01. The highest BCUT2D eigenvalue weighted by Gasteiger charge is 2.57. The number of amides is 2. The minimum Gasteiger partial charge on any atom is -0.371 e. The first kappa shape index (κ1) is 40.1. The highest BCUT2D eigenvalue weighted by Crippen LogP contribution is 2.40. The molecule has 0 unspecified atom stereocenters. The van der Waals surface area contributed by atoms with Gasteiger partial charge in [0.15, 0.2) is 0 Å². The number of rotatable bonds is 10. The average Bonchev–Trinajstić information content (AvgIpc) is 3.34. The van der Waals surface area contributed by atoms with E-state index in [9.17, 15) is 53.5 Å². The molecule has 20 heteroatoms. The number of piperidine rings is 1. The third-order valence-electron chi connectivity index (χ3n) is 8.14. The maximum Gasteiger partial charge on any atom is 0.455 e. The number of imidazole rings is 1. The third kappa shape index (κ3) is 9.23. The topological polar surface area (TPSA) is 91.3 Å². The summed E-state index contributed by atoms with van der Waals surface area (Å²) in [5, 5.41) is 6.98. The molecule has 1 aliphatic rings. The minimum absolute atomic E-state index is 0.000403. The molecule has 51 heavy (non-hydrogen) atoms. The first-order valence-corrected chi connectivity index (χ1v) is 16.1. The summed E-state index contributed by atoms with van der Waals surface area (Å²) in [6.07, 6.45) is -14.4. The summed E-state index contributed by atoms with van der Waals surface area (Å²) in [4.78, 5) is 31.1. The quantitative estimate of drug-likeness (QED) is 0.179. The fraction of sp³-hybridized carbons (Fsp3) is 0.516. The maximum atomic E-state index is 14.0. The first-order valence-electron chi connectivity index (χ1n) is 15.3. The van der Waals surface area contributed by atoms with Crippen LogP contribution in [0.5, 0.6) is 0 Å². The van der Waals surface area contributed by atoms with Gasteiger partial charge in [-0.05, 0) is 36.6 Å². The lowest BCUT2D eigenvalue weighted by Gasteiger charge is -2.35. The van der Waals surface area contributed by atoms with Crippen molar-refractivity contribution in [3.05, 3.63) is 45.4 Å². The van der Waals surface area contributed by atoms with E-state index in [0.717, 1.165) is 16.7 Å². The highest BCUT2D eigenvalue weighted by atomic mass is 35.5. The number of aromatic nitrogens is 2. The lowest BCUT2D eigenvalue weighted by Crippen LogP contribution is -2.47. The fourth-order valence-corrected chi connectivity index (χ4v) is 5.79. The van der Waals surface area contributed by atoms with Crippen LogP contribution < -0.4 is 20.9 Å². The summed E-state index contributed by atoms with van der Waals surface area (Å²) < 4.78 is 135. The van der Waals surface area contributed by atoms with Crippen molar-refractivity contribution in [2.75, 3.05) is 29.9 Å². The van der Waals surface area contributed by atoms with Crippen molar-refractivity contribution < 1.29 is 53.5 Å². The molecule has 0 radical (unpaired) electrons. The van der Waals surface area contributed by atoms with Crippen LogP contribution in [0.15, 0.2) is 24.3 Å². The van der Waals surface area contributed by atoms with Gasteiger partial charge >= 0.3 is 18.3 Å². The number of carbonyl (C=O) groups excluding carboxylic acids is 2. The van der Waals surface area contributed by atoms with Crippen molar-refractivity contribution in [2.24, 2.45) is 11.3 Å². The van der Waals surface area contributed by atoms with E-state index in [1.165, 1.54) is 22.3 Å². The monoisotopic (exact) mass is 780 g/mol. The van der Waals surface area contributed by atoms with Crippen LogP contribution in [-0.2, 0) is 17.9 Å². The normalized spacial score (nSPS) is 15.1. The number of anilines is 3. The second-order valence-corrected chi connectivity index (χ2v) is 13.7. The summed E-state index contributed by atoms with van der Waals surface area (Å²) in [5.41, 5.74) is -1.42. The lowest BCUT2D eigenvalue weighted by atomic mass is 9.95. The fourth-order valence-electron chi connectivity index (χ4n) is 5.26. The highest BCUT2D eigenvalue weighted by molar-refractivity contribution is 6.39. The standard InChI is InChI=1S/C31H32Cl2F10N6O2/c1-28(2,3)26(51)44-12-15-4-5-18(32)24(23(15)33)47-27-46-19-10-17(25(50)45-14-29(36,37)31(41,42)43)20(11-21(19)49(27)13-22(34)35)48-8-6-16(7-9-48)30(38,39)40/h4-5,10-11,16,22H,6-9,12-14H2,1-3H3,(H,44,51)(H,45,50)(H,46,47). The number of nitrogens with zero attached hydrogens (tertiary/aromatic N) is 3. The molecule has 0 saturated carbocycles. The van der Waals surface area contributed by atoms with Crippen LogP contribution in [0.3, 0.4) is 0 Å². The summed E-state index contributed by atoms with van der Waals surface area (Å²) in [6.45, 7) is 1.22. The molecular weight excluding hydrogens is 749 g/mol. The first-order chi connectivity index (χ1) is 23.4. The van der Waals surface area contributed by atoms with E-state index in [2.05, 4.69) is 15.6 Å². The Labute approximate surface area is 294 Å². The van der Waals surface area contributed by atoms with Gasteiger partial charge in [-0.1, -0.05) is 50.0 Å². The number of hydrogen-bond acceptors (Lipinski definition) is 5. The number of benzene rings is 2. The molecule has 282 valence electrons. The van der Waals surface area contributed by atoms with Crippen LogP contribution in [0.1, 0.15) is 49.5 Å². The van der Waals surface area contributed by atoms with Gasteiger partial charge < -0.3 is 25.4 Å². The van der Waals surface area contributed by atoms with Crippen LogP contribution in [0.2, 0.25) is 10.0 Å². The molecule has 1 saturated heterocycles. The van der Waals surface area contributed by atoms with Gasteiger partial charge in [0.05, 0.1) is 57.0 Å². The zero-order valence-corrected chi connectivity index (χ0v) is 28.6. The molecule has 0 aliphatic carbocycles. The van der Waals surface area contributed by atoms with Gasteiger partial charge in [-0.15, -0.1) is 0 Å². The predicted octanol–water partition coefficient (Wildman–Crippen LogP) is 8.72. The molecule has 3 N–H and O–H groups in total. The average molecular weight is 782 g/mol. The van der Waals surface area contributed by atoms with E-state index in [0.29, 0.717) is 5.56 Å². The van der Waals surface area contributed by atoms with Crippen molar-refractivity contribution >= 4 is 63.4 Å². The van der Waals surface area contributed by atoms with Crippen LogP contribution in [0, 0.1) is 11.3 Å². The van der Waals surface area contributed by atoms with E-state index in [4.69, 9.17) is 23.2 Å². The Balaban J connectivity index is 1.80. The van der Waals surface area contributed by atoms with E-state index < -0.39 is 73.4 Å². The SMILES string of the molecule is CC(C)(C)C(=O)NCc1ccc(Cl)c(Nc2nc3cc(C(=O)NCC(F)(F)C(F)(F)F)c(N4CCC(C(F)(F)F)CC4)cc3n2CC(F)F)c1Cl. The van der Waals surface area contributed by atoms with Gasteiger partial charge in [-0.25, -0.2) is 13.8 Å². The molecule has 1 fully saturated rings. The number of alkyl halides is 10. The largest absolute Gasteiger partial charge is 0.455 e. The van der Waals surface area contributed by atoms with Crippen molar-refractivity contribution in [1.82, 2.24) is 20.2 Å². The van der Waals surface area contributed by atoms with Crippen LogP contribution in [-0.4, -0.2) is 65.7 Å². The molecule has 2 amide bonds. The molecule has 1 aromatic heterocycles. The second kappa shape index (κ2) is 14.8. The Morgan fingerprint density at radius 1 is 0.961 bits per heavy atom. The molecule has 2 aromatic carbocycles. The Morgan fingerprint density at radius 3 is 2.14 bits per heavy atom. The van der Waals surface area contributed by atoms with Crippen molar-refractivity contribution in [2.45, 2.75) is 71.4 Å². The van der Waals surface area contributed by atoms with Crippen molar-refractivity contribution in [1.29, 1.82) is 0 Å². The van der Waals surface area contributed by atoms with E-state index in [-0.39, 0.29) is 63.9 Å².